The number of carbonyl (C=O) groups excluding carboxylic acids is 1. The molecule has 7 heteroatoms. The van der Waals surface area contributed by atoms with Gasteiger partial charge in [0.25, 0.3) is 5.91 Å². The lowest BCUT2D eigenvalue weighted by atomic mass is 9.85. The normalized spacial score (nSPS) is 13.1. The van der Waals surface area contributed by atoms with E-state index in [1.165, 1.54) is 11.8 Å². The van der Waals surface area contributed by atoms with E-state index in [9.17, 15) is 15.0 Å². The molecule has 1 heterocycles. The Morgan fingerprint density at radius 1 is 1.21 bits per heavy atom. The van der Waals surface area contributed by atoms with Crippen LogP contribution in [0.1, 0.15) is 22.3 Å². The number of halogens is 1. The van der Waals surface area contributed by atoms with Crippen molar-refractivity contribution < 1.29 is 15.0 Å². The molecule has 2 aromatic carbocycles. The van der Waals surface area contributed by atoms with E-state index in [0.717, 1.165) is 5.56 Å². The molecule has 1 amide bonds. The first-order chi connectivity index (χ1) is 13.4. The molecule has 5 nitrogen and oxygen atoms in total. The third-order valence-corrected chi connectivity index (χ3v) is 6.16. The zero-order chi connectivity index (χ0) is 20.3. The van der Waals surface area contributed by atoms with Gasteiger partial charge in [-0.15, -0.1) is 0 Å². The number of hydrogen-bond acceptors (Lipinski definition) is 5. The summed E-state index contributed by atoms with van der Waals surface area (Å²) in [4.78, 5) is 17.5. The van der Waals surface area contributed by atoms with Gasteiger partial charge in [-0.3, -0.25) is 4.79 Å². The molecule has 0 fully saturated rings. The quantitative estimate of drug-likeness (QED) is 0.524. The van der Waals surface area contributed by atoms with Gasteiger partial charge in [0.05, 0.1) is 6.61 Å². The molecule has 0 saturated carbocycles. The smallest absolute Gasteiger partial charge is 0.258 e. The van der Waals surface area contributed by atoms with Crippen LogP contribution < -0.4 is 5.73 Å². The van der Waals surface area contributed by atoms with E-state index in [-0.39, 0.29) is 6.61 Å². The summed E-state index contributed by atoms with van der Waals surface area (Å²) in [5.74, 6) is -0.874. The van der Waals surface area contributed by atoms with Crippen LogP contribution in [0.25, 0.3) is 0 Å². The maximum atomic E-state index is 12.5. The van der Waals surface area contributed by atoms with Crippen LogP contribution in [0, 0.1) is 6.92 Å². The van der Waals surface area contributed by atoms with Crippen molar-refractivity contribution in [3.63, 3.8) is 0 Å². The number of nitrogens with zero attached hydrogens (tertiary/aromatic N) is 1. The predicted molar refractivity (Wildman–Crippen MR) is 112 cm³/mol. The number of aromatic nitrogens is 1. The molecule has 0 radical (unpaired) electrons. The lowest BCUT2D eigenvalue weighted by Gasteiger charge is -2.29. The number of pyridine rings is 1. The third kappa shape index (κ3) is 3.84. The van der Waals surface area contributed by atoms with E-state index < -0.39 is 11.5 Å². The second kappa shape index (κ2) is 8.45. The highest BCUT2D eigenvalue weighted by atomic mass is 79.9. The molecule has 1 atom stereocenters. The highest BCUT2D eigenvalue weighted by Crippen LogP contribution is 2.42. The number of amides is 1. The summed E-state index contributed by atoms with van der Waals surface area (Å²) in [6, 6.07) is 15.7. The van der Waals surface area contributed by atoms with Crippen molar-refractivity contribution in [1.29, 1.82) is 0 Å². The van der Waals surface area contributed by atoms with Gasteiger partial charge < -0.3 is 15.9 Å². The Hall–Kier alpha value is -2.19. The number of hydrogen-bond donors (Lipinski definition) is 3. The monoisotopic (exact) mass is 458 g/mol. The maximum absolute atomic E-state index is 12.5. The van der Waals surface area contributed by atoms with Crippen LogP contribution in [0.15, 0.2) is 75.2 Å². The van der Waals surface area contributed by atoms with Crippen molar-refractivity contribution in [2.75, 3.05) is 0 Å². The van der Waals surface area contributed by atoms with Crippen LogP contribution in [0.3, 0.4) is 0 Å². The van der Waals surface area contributed by atoms with Crippen LogP contribution in [-0.4, -0.2) is 21.1 Å². The predicted octanol–water partition coefficient (Wildman–Crippen LogP) is 3.52. The van der Waals surface area contributed by atoms with Gasteiger partial charge in [0.15, 0.2) is 5.60 Å². The SMILES string of the molecule is Cc1cc(Br)cc(C(O)(C(N)=O)c2ccccc2)c1Sc1ncccc1CO. The molecular weight excluding hydrogens is 440 g/mol. The number of aryl methyl sites for hydroxylation is 1. The molecule has 1 unspecified atom stereocenters. The van der Waals surface area contributed by atoms with E-state index in [1.807, 2.05) is 13.0 Å². The number of primary amides is 1. The van der Waals surface area contributed by atoms with Gasteiger partial charge in [0.2, 0.25) is 0 Å². The Labute approximate surface area is 175 Å². The number of aliphatic hydroxyl groups is 2. The Morgan fingerprint density at radius 3 is 2.57 bits per heavy atom. The topological polar surface area (TPSA) is 96.4 Å². The maximum Gasteiger partial charge on any atom is 0.258 e. The van der Waals surface area contributed by atoms with Gasteiger partial charge in [-0.2, -0.15) is 0 Å². The highest BCUT2D eigenvalue weighted by Gasteiger charge is 2.41. The fraction of sp³-hybridized carbons (Fsp3) is 0.143. The van der Waals surface area contributed by atoms with Gasteiger partial charge in [0.1, 0.15) is 5.03 Å². The molecule has 28 heavy (non-hydrogen) atoms. The lowest BCUT2D eigenvalue weighted by Crippen LogP contribution is -2.42. The van der Waals surface area contributed by atoms with Crippen molar-refractivity contribution in [2.24, 2.45) is 5.73 Å². The lowest BCUT2D eigenvalue weighted by molar-refractivity contribution is -0.133. The van der Waals surface area contributed by atoms with Gasteiger partial charge in [-0.25, -0.2) is 4.98 Å². The summed E-state index contributed by atoms with van der Waals surface area (Å²) >= 11 is 4.73. The molecule has 0 aliphatic rings. The number of rotatable bonds is 6. The minimum Gasteiger partial charge on any atom is -0.392 e. The minimum absolute atomic E-state index is 0.167. The second-order valence-electron chi connectivity index (χ2n) is 6.27. The third-order valence-electron chi connectivity index (χ3n) is 4.40. The first-order valence-corrected chi connectivity index (χ1v) is 10.1. The summed E-state index contributed by atoms with van der Waals surface area (Å²) in [6.45, 7) is 1.71. The van der Waals surface area contributed by atoms with Gasteiger partial charge in [0, 0.05) is 26.7 Å². The largest absolute Gasteiger partial charge is 0.392 e. The van der Waals surface area contributed by atoms with Crippen molar-refractivity contribution in [2.45, 2.75) is 29.1 Å². The molecule has 0 bridgehead atoms. The van der Waals surface area contributed by atoms with E-state index in [4.69, 9.17) is 5.73 Å². The zero-order valence-corrected chi connectivity index (χ0v) is 17.5. The molecule has 0 saturated heterocycles. The van der Waals surface area contributed by atoms with Crippen molar-refractivity contribution in [3.05, 3.63) is 87.5 Å². The van der Waals surface area contributed by atoms with Gasteiger partial charge in [-0.1, -0.05) is 64.1 Å². The number of aliphatic hydroxyl groups excluding tert-OH is 1. The minimum atomic E-state index is -2.02. The molecule has 3 aromatic rings. The van der Waals surface area contributed by atoms with E-state index in [1.54, 1.807) is 54.7 Å². The van der Waals surface area contributed by atoms with E-state index >= 15 is 0 Å². The van der Waals surface area contributed by atoms with Crippen LogP contribution >= 0.6 is 27.7 Å². The highest BCUT2D eigenvalue weighted by molar-refractivity contribution is 9.10. The number of nitrogens with two attached hydrogens (primary N) is 1. The Balaban J connectivity index is 2.24. The van der Waals surface area contributed by atoms with Crippen LogP contribution in [0.4, 0.5) is 0 Å². The first-order valence-electron chi connectivity index (χ1n) is 8.49. The fourth-order valence-corrected chi connectivity index (χ4v) is 4.66. The first kappa shape index (κ1) is 20.5. The second-order valence-corrected chi connectivity index (χ2v) is 8.18. The zero-order valence-electron chi connectivity index (χ0n) is 15.1. The molecule has 0 aliphatic carbocycles. The van der Waals surface area contributed by atoms with Gasteiger partial charge >= 0.3 is 0 Å². The van der Waals surface area contributed by atoms with Crippen molar-refractivity contribution in [3.8, 4) is 0 Å². The molecular formula is C21H19BrN2O3S. The van der Waals surface area contributed by atoms with Crippen molar-refractivity contribution in [1.82, 2.24) is 4.98 Å². The average Bonchev–Trinajstić information content (AvgIpc) is 2.70. The van der Waals surface area contributed by atoms with Crippen molar-refractivity contribution >= 4 is 33.6 Å². The Bertz CT molecular complexity index is 1010. The van der Waals surface area contributed by atoms with E-state index in [0.29, 0.717) is 31.1 Å². The van der Waals surface area contributed by atoms with Crippen LogP contribution in [0.2, 0.25) is 0 Å². The van der Waals surface area contributed by atoms with Crippen LogP contribution in [0.5, 0.6) is 0 Å². The molecule has 0 aliphatic heterocycles. The summed E-state index contributed by atoms with van der Waals surface area (Å²) in [6.07, 6.45) is 1.63. The number of carbonyl (C=O) groups is 1. The summed E-state index contributed by atoms with van der Waals surface area (Å²) < 4.78 is 0.711. The van der Waals surface area contributed by atoms with E-state index in [2.05, 4.69) is 20.9 Å². The standard InChI is InChI=1S/C21H19BrN2O3S/c1-13-10-16(22)11-17(18(13)28-19-14(12-25)6-5-9-24-19)21(27,20(23)26)15-7-3-2-4-8-15/h2-11,25,27H,12H2,1H3,(H2,23,26). The van der Waals surface area contributed by atoms with Gasteiger partial charge in [-0.05, 0) is 36.2 Å². The summed E-state index contributed by atoms with van der Waals surface area (Å²) in [5.41, 5.74) is 5.89. The average molecular weight is 459 g/mol. The summed E-state index contributed by atoms with van der Waals surface area (Å²) in [7, 11) is 0. The fourth-order valence-electron chi connectivity index (χ4n) is 2.98. The molecule has 0 spiro atoms. The Morgan fingerprint density at radius 2 is 1.93 bits per heavy atom. The molecule has 4 N–H and O–H groups in total. The van der Waals surface area contributed by atoms with Crippen LogP contribution in [-0.2, 0) is 17.0 Å². The summed E-state index contributed by atoms with van der Waals surface area (Å²) in [5, 5.41) is 21.7. The molecule has 144 valence electrons. The Kier molecular flexibility index (Phi) is 6.20. The molecule has 1 aromatic heterocycles. The molecule has 3 rings (SSSR count). The number of benzene rings is 2.